The van der Waals surface area contributed by atoms with Gasteiger partial charge in [0.25, 0.3) is 0 Å². The van der Waals surface area contributed by atoms with Gasteiger partial charge in [0.2, 0.25) is 5.91 Å². The number of hydrogen-bond acceptors (Lipinski definition) is 7. The number of aromatic nitrogens is 2. The monoisotopic (exact) mass is 470 g/mol. The Balaban J connectivity index is 1.55. The lowest BCUT2D eigenvalue weighted by Crippen LogP contribution is -2.45. The zero-order valence-electron chi connectivity index (χ0n) is 20.0. The van der Waals surface area contributed by atoms with Crippen molar-refractivity contribution in [1.29, 1.82) is 5.41 Å². The van der Waals surface area contributed by atoms with Gasteiger partial charge in [-0.3, -0.25) is 10.2 Å². The van der Waals surface area contributed by atoms with E-state index in [1.807, 2.05) is 59.5 Å². The molecule has 2 heterocycles. The summed E-state index contributed by atoms with van der Waals surface area (Å²) in [7, 11) is 1.77. The van der Waals surface area contributed by atoms with Crippen molar-refractivity contribution in [3.8, 4) is 11.5 Å². The zero-order chi connectivity index (χ0) is 24.8. The number of carbonyl (C=O) groups is 1. The van der Waals surface area contributed by atoms with E-state index < -0.39 is 0 Å². The topological polar surface area (TPSA) is 103 Å². The second kappa shape index (κ2) is 10.8. The molecule has 1 aliphatic rings. The minimum atomic E-state index is -0.0270. The number of piperidine rings is 1. The number of carbonyl (C=O) groups excluding carboxylic acids is 1. The zero-order valence-corrected chi connectivity index (χ0v) is 20.0. The number of ether oxygens (including phenoxy) is 1. The molecule has 1 amide bonds. The van der Waals surface area contributed by atoms with E-state index in [-0.39, 0.29) is 17.7 Å². The molecule has 0 aliphatic carbocycles. The summed E-state index contributed by atoms with van der Waals surface area (Å²) in [5.41, 5.74) is 2.11. The number of likely N-dealkylation sites (tertiary alicyclic amines) is 1. The van der Waals surface area contributed by atoms with Crippen LogP contribution in [0.25, 0.3) is 0 Å². The van der Waals surface area contributed by atoms with Crippen molar-refractivity contribution in [1.82, 2.24) is 14.9 Å². The molecular formula is C27H30N6O2. The molecule has 0 bridgehead atoms. The Morgan fingerprint density at radius 2 is 1.77 bits per heavy atom. The largest absolute Gasteiger partial charge is 0.457 e. The Bertz CT molecular complexity index is 1210. The maximum atomic E-state index is 12.4. The van der Waals surface area contributed by atoms with E-state index in [1.165, 1.54) is 6.33 Å². The quantitative estimate of drug-likeness (QED) is 0.326. The first kappa shape index (κ1) is 23.9. The van der Waals surface area contributed by atoms with Gasteiger partial charge in [-0.1, -0.05) is 24.8 Å². The van der Waals surface area contributed by atoms with Crippen molar-refractivity contribution in [2.45, 2.75) is 25.8 Å². The highest BCUT2D eigenvalue weighted by atomic mass is 16.5. The van der Waals surface area contributed by atoms with Crippen molar-refractivity contribution in [3.63, 3.8) is 0 Å². The van der Waals surface area contributed by atoms with Gasteiger partial charge in [0, 0.05) is 37.3 Å². The van der Waals surface area contributed by atoms with Crippen LogP contribution < -0.4 is 15.4 Å². The number of nitrogens with one attached hydrogen (secondary N) is 3. The average molecular weight is 471 g/mol. The lowest BCUT2D eigenvalue weighted by molar-refractivity contribution is -0.128. The second-order valence-corrected chi connectivity index (χ2v) is 8.53. The minimum absolute atomic E-state index is 0.0138. The smallest absolute Gasteiger partial charge is 0.248 e. The maximum Gasteiger partial charge on any atom is 0.248 e. The summed E-state index contributed by atoms with van der Waals surface area (Å²) in [6.45, 7) is 6.80. The summed E-state index contributed by atoms with van der Waals surface area (Å²) in [5, 5.41) is 15.5. The van der Waals surface area contributed by atoms with Crippen molar-refractivity contribution in [2.24, 2.45) is 0 Å². The lowest BCUT2D eigenvalue weighted by atomic mass is 10.0. The van der Waals surface area contributed by atoms with E-state index in [2.05, 4.69) is 27.2 Å². The van der Waals surface area contributed by atoms with Gasteiger partial charge in [-0.2, -0.15) is 0 Å². The summed E-state index contributed by atoms with van der Waals surface area (Å²) in [5.74, 6) is 2.54. The number of benzene rings is 2. The highest BCUT2D eigenvalue weighted by molar-refractivity contribution is 6.16. The molecule has 3 N–H and O–H groups in total. The number of hydrogen-bond donors (Lipinski definition) is 3. The van der Waals surface area contributed by atoms with Gasteiger partial charge in [0.1, 0.15) is 29.5 Å². The minimum Gasteiger partial charge on any atom is -0.457 e. The van der Waals surface area contributed by atoms with Gasteiger partial charge in [0.05, 0.1) is 11.3 Å². The number of anilines is 2. The van der Waals surface area contributed by atoms with E-state index >= 15 is 0 Å². The Hall–Kier alpha value is -4.20. The second-order valence-electron chi connectivity index (χ2n) is 8.53. The summed E-state index contributed by atoms with van der Waals surface area (Å²) in [6, 6.07) is 17.0. The molecule has 0 spiro atoms. The molecule has 1 saturated heterocycles. The average Bonchev–Trinajstić information content (AvgIpc) is 2.89. The van der Waals surface area contributed by atoms with Gasteiger partial charge < -0.3 is 20.3 Å². The van der Waals surface area contributed by atoms with Crippen molar-refractivity contribution >= 4 is 23.3 Å². The highest BCUT2D eigenvalue weighted by Crippen LogP contribution is 2.27. The van der Waals surface area contributed by atoms with E-state index in [4.69, 9.17) is 10.1 Å². The Morgan fingerprint density at radius 1 is 1.09 bits per heavy atom. The molecule has 1 unspecified atom stereocenters. The van der Waals surface area contributed by atoms with Crippen LogP contribution in [0.3, 0.4) is 0 Å². The maximum absolute atomic E-state index is 12.4. The molecule has 1 aliphatic heterocycles. The van der Waals surface area contributed by atoms with E-state index in [1.54, 1.807) is 14.0 Å². The summed E-state index contributed by atoms with van der Waals surface area (Å²) >= 11 is 0. The molecular weight excluding hydrogens is 440 g/mol. The normalized spacial score (nSPS) is 15.3. The van der Waals surface area contributed by atoms with Crippen LogP contribution in [-0.2, 0) is 4.79 Å². The fourth-order valence-corrected chi connectivity index (χ4v) is 4.12. The van der Waals surface area contributed by atoms with Crippen LogP contribution in [0.5, 0.6) is 11.5 Å². The number of amides is 1. The first-order valence-corrected chi connectivity index (χ1v) is 11.6. The first-order valence-electron chi connectivity index (χ1n) is 11.6. The summed E-state index contributed by atoms with van der Waals surface area (Å²) < 4.78 is 5.88. The van der Waals surface area contributed by atoms with Crippen LogP contribution >= 0.6 is 0 Å². The van der Waals surface area contributed by atoms with Crippen LogP contribution in [0.4, 0.5) is 11.6 Å². The fourth-order valence-electron chi connectivity index (χ4n) is 4.12. The van der Waals surface area contributed by atoms with E-state index in [0.717, 1.165) is 25.1 Å². The van der Waals surface area contributed by atoms with E-state index in [0.29, 0.717) is 40.6 Å². The van der Waals surface area contributed by atoms with Crippen LogP contribution in [0.1, 0.15) is 30.9 Å². The Morgan fingerprint density at radius 3 is 2.46 bits per heavy atom. The van der Waals surface area contributed by atoms with Gasteiger partial charge in [-0.15, -0.1) is 0 Å². The predicted octanol–water partition coefficient (Wildman–Crippen LogP) is 4.71. The standard InChI is InChI=1S/C27H30N6O2/c1-18(2)27(34)33-15-7-8-20(16-33)32-26-23(25(29-3)30-17-31-26)24(28)19-11-13-22(14-12-19)35-21-9-5-4-6-10-21/h4-6,9-14,17,20,28H,1,7-8,15-16H2,2-3H3,(H2,29,30,31,32). The molecule has 1 fully saturated rings. The number of para-hydroxylation sites is 1. The van der Waals surface area contributed by atoms with Gasteiger partial charge >= 0.3 is 0 Å². The van der Waals surface area contributed by atoms with E-state index in [9.17, 15) is 4.79 Å². The van der Waals surface area contributed by atoms with Crippen molar-refractivity contribution < 1.29 is 9.53 Å². The van der Waals surface area contributed by atoms with Crippen LogP contribution in [0.15, 0.2) is 73.1 Å². The molecule has 8 nitrogen and oxygen atoms in total. The Kier molecular flexibility index (Phi) is 7.40. The SMILES string of the molecule is C=C(C)C(=O)N1CCCC(Nc2ncnc(NC)c2C(=N)c2ccc(Oc3ccccc3)cc2)C1. The molecule has 1 atom stereocenters. The van der Waals surface area contributed by atoms with Crippen LogP contribution in [0.2, 0.25) is 0 Å². The predicted molar refractivity (Wildman–Crippen MR) is 139 cm³/mol. The molecule has 0 saturated carbocycles. The Labute approximate surface area is 205 Å². The van der Waals surface area contributed by atoms with Gasteiger partial charge in [-0.25, -0.2) is 9.97 Å². The molecule has 0 radical (unpaired) electrons. The molecule has 4 rings (SSSR count). The van der Waals surface area contributed by atoms with Crippen molar-refractivity contribution in [2.75, 3.05) is 30.8 Å². The molecule has 8 heteroatoms. The fraction of sp³-hybridized carbons (Fsp3) is 0.259. The number of nitrogens with zero attached hydrogens (tertiary/aromatic N) is 3. The molecule has 2 aromatic carbocycles. The summed E-state index contributed by atoms with van der Waals surface area (Å²) in [4.78, 5) is 23.0. The van der Waals surface area contributed by atoms with Crippen LogP contribution in [0, 0.1) is 5.41 Å². The molecule has 1 aromatic heterocycles. The molecule has 35 heavy (non-hydrogen) atoms. The third-order valence-electron chi connectivity index (χ3n) is 5.87. The third kappa shape index (κ3) is 5.66. The van der Waals surface area contributed by atoms with Crippen LogP contribution in [-0.4, -0.2) is 52.7 Å². The number of rotatable bonds is 8. The lowest BCUT2D eigenvalue weighted by Gasteiger charge is -2.34. The highest BCUT2D eigenvalue weighted by Gasteiger charge is 2.26. The molecule has 3 aromatic rings. The van der Waals surface area contributed by atoms with Gasteiger partial charge in [-0.05, 0) is 56.2 Å². The summed E-state index contributed by atoms with van der Waals surface area (Å²) in [6.07, 6.45) is 3.26. The first-order chi connectivity index (χ1) is 17.0. The van der Waals surface area contributed by atoms with Gasteiger partial charge in [0.15, 0.2) is 0 Å². The van der Waals surface area contributed by atoms with Crippen molar-refractivity contribution in [3.05, 3.63) is 84.2 Å². The molecule has 180 valence electrons. The third-order valence-corrected chi connectivity index (χ3v) is 5.87.